The van der Waals surface area contributed by atoms with Crippen LogP contribution in [0.5, 0.6) is 5.75 Å². The van der Waals surface area contributed by atoms with Crippen LogP contribution in [-0.4, -0.2) is 46.2 Å². The van der Waals surface area contributed by atoms with Gasteiger partial charge in [-0.3, -0.25) is 4.99 Å². The van der Waals surface area contributed by atoms with Gasteiger partial charge in [-0.2, -0.15) is 0 Å². The molecule has 0 saturated heterocycles. The third kappa shape index (κ3) is 6.99. The summed E-state index contributed by atoms with van der Waals surface area (Å²) in [6.07, 6.45) is 3.25. The molecular formula is C18H28IN5O3S. The van der Waals surface area contributed by atoms with Crippen LogP contribution in [0.15, 0.2) is 46.5 Å². The van der Waals surface area contributed by atoms with Crippen LogP contribution in [0.3, 0.4) is 0 Å². The number of ether oxygens (including phenoxy) is 1. The number of rotatable bonds is 8. The van der Waals surface area contributed by atoms with Crippen molar-refractivity contribution in [2.45, 2.75) is 18.4 Å². The monoisotopic (exact) mass is 521 g/mol. The molecule has 0 aliphatic heterocycles. The maximum atomic E-state index is 12.2. The van der Waals surface area contributed by atoms with E-state index in [-0.39, 0.29) is 35.4 Å². The van der Waals surface area contributed by atoms with Gasteiger partial charge in [0.05, 0.1) is 12.0 Å². The second-order valence-electron chi connectivity index (χ2n) is 6.08. The van der Waals surface area contributed by atoms with Gasteiger partial charge in [0.15, 0.2) is 5.96 Å². The Morgan fingerprint density at radius 1 is 1.21 bits per heavy atom. The second-order valence-corrected chi connectivity index (χ2v) is 7.85. The standard InChI is InChI=1S/C18H27N5O3S.HI/c1-14-5-6-15(17(11-14)26-4)12-21-18(19-2)20-8-9-22-27(24,25)16-7-10-23(3)13-16;/h5-7,10-11,13,22H,8-9,12H2,1-4H3,(H2,19,20,21);1H. The van der Waals surface area contributed by atoms with Gasteiger partial charge in [-0.15, -0.1) is 24.0 Å². The number of sulfonamides is 1. The van der Waals surface area contributed by atoms with E-state index in [1.807, 2.05) is 25.1 Å². The first-order chi connectivity index (χ1) is 12.9. The van der Waals surface area contributed by atoms with Gasteiger partial charge in [-0.1, -0.05) is 12.1 Å². The van der Waals surface area contributed by atoms with E-state index >= 15 is 0 Å². The van der Waals surface area contributed by atoms with Gasteiger partial charge < -0.3 is 19.9 Å². The quantitative estimate of drug-likeness (QED) is 0.212. The zero-order chi connectivity index (χ0) is 19.9. The predicted octanol–water partition coefficient (Wildman–Crippen LogP) is 1.60. The number of methoxy groups -OCH3 is 1. The molecule has 0 saturated carbocycles. The Bertz CT molecular complexity index is 896. The normalized spacial score (nSPS) is 11.6. The maximum absolute atomic E-state index is 12.2. The van der Waals surface area contributed by atoms with Crippen molar-refractivity contribution in [3.63, 3.8) is 0 Å². The van der Waals surface area contributed by atoms with Crippen LogP contribution in [0.2, 0.25) is 0 Å². The lowest BCUT2D eigenvalue weighted by Gasteiger charge is -2.14. The molecule has 0 spiro atoms. The number of guanidine groups is 1. The molecule has 0 aliphatic carbocycles. The minimum atomic E-state index is -3.50. The molecule has 2 rings (SSSR count). The van der Waals surface area contributed by atoms with Crippen LogP contribution in [0, 0.1) is 6.92 Å². The zero-order valence-corrected chi connectivity index (χ0v) is 19.7. The summed E-state index contributed by atoms with van der Waals surface area (Å²) in [4.78, 5) is 4.39. The summed E-state index contributed by atoms with van der Waals surface area (Å²) in [5.41, 5.74) is 2.14. The highest BCUT2D eigenvalue weighted by molar-refractivity contribution is 14.0. The van der Waals surface area contributed by atoms with Crippen molar-refractivity contribution in [2.24, 2.45) is 12.0 Å². The van der Waals surface area contributed by atoms with E-state index in [1.54, 1.807) is 44.2 Å². The Labute approximate surface area is 183 Å². The van der Waals surface area contributed by atoms with E-state index in [4.69, 9.17) is 4.74 Å². The molecule has 10 heteroatoms. The van der Waals surface area contributed by atoms with Crippen LogP contribution in [0.25, 0.3) is 0 Å². The topological polar surface area (TPSA) is 96.8 Å². The number of aryl methyl sites for hydroxylation is 2. The lowest BCUT2D eigenvalue weighted by Crippen LogP contribution is -2.41. The highest BCUT2D eigenvalue weighted by Crippen LogP contribution is 2.19. The van der Waals surface area contributed by atoms with Crippen LogP contribution < -0.4 is 20.1 Å². The van der Waals surface area contributed by atoms with E-state index in [2.05, 4.69) is 20.3 Å². The van der Waals surface area contributed by atoms with E-state index in [9.17, 15) is 8.42 Å². The van der Waals surface area contributed by atoms with Crippen LogP contribution in [0.1, 0.15) is 11.1 Å². The van der Waals surface area contributed by atoms with Gasteiger partial charge in [-0.25, -0.2) is 13.1 Å². The fraction of sp³-hybridized carbons (Fsp3) is 0.389. The molecule has 0 bridgehead atoms. The zero-order valence-electron chi connectivity index (χ0n) is 16.5. The molecule has 0 fully saturated rings. The van der Waals surface area contributed by atoms with Gasteiger partial charge in [0, 0.05) is 51.7 Å². The fourth-order valence-corrected chi connectivity index (χ4v) is 3.57. The molecule has 28 heavy (non-hydrogen) atoms. The summed E-state index contributed by atoms with van der Waals surface area (Å²) in [6.45, 7) is 3.19. The van der Waals surface area contributed by atoms with Crippen molar-refractivity contribution >= 4 is 40.0 Å². The fourth-order valence-electron chi connectivity index (χ4n) is 2.48. The lowest BCUT2D eigenvalue weighted by molar-refractivity contribution is 0.408. The first-order valence-electron chi connectivity index (χ1n) is 8.55. The van der Waals surface area contributed by atoms with Crippen LogP contribution in [-0.2, 0) is 23.6 Å². The molecular weight excluding hydrogens is 493 g/mol. The Kier molecular flexibility index (Phi) is 9.76. The van der Waals surface area contributed by atoms with Crippen molar-refractivity contribution in [1.82, 2.24) is 19.9 Å². The van der Waals surface area contributed by atoms with Crippen LogP contribution >= 0.6 is 24.0 Å². The Hall–Kier alpha value is -1.79. The summed E-state index contributed by atoms with van der Waals surface area (Å²) in [6, 6.07) is 7.56. The summed E-state index contributed by atoms with van der Waals surface area (Å²) in [5, 5.41) is 6.27. The van der Waals surface area contributed by atoms with Gasteiger partial charge in [0.2, 0.25) is 10.0 Å². The third-order valence-electron chi connectivity index (χ3n) is 3.94. The number of aliphatic imine (C=N–C) groups is 1. The molecule has 0 atom stereocenters. The summed E-state index contributed by atoms with van der Waals surface area (Å²) >= 11 is 0. The predicted molar refractivity (Wildman–Crippen MR) is 122 cm³/mol. The molecule has 3 N–H and O–H groups in total. The minimum absolute atomic E-state index is 0. The highest BCUT2D eigenvalue weighted by Gasteiger charge is 2.14. The molecule has 0 unspecified atom stereocenters. The summed E-state index contributed by atoms with van der Waals surface area (Å²) in [5.74, 6) is 1.39. The minimum Gasteiger partial charge on any atom is -0.496 e. The van der Waals surface area contributed by atoms with Crippen molar-refractivity contribution in [2.75, 3.05) is 27.2 Å². The summed E-state index contributed by atoms with van der Waals surface area (Å²) < 4.78 is 34.0. The first kappa shape index (κ1) is 24.2. The molecule has 1 heterocycles. The molecule has 1 aromatic heterocycles. The summed E-state index contributed by atoms with van der Waals surface area (Å²) in [7, 11) is 1.58. The number of aromatic nitrogens is 1. The largest absolute Gasteiger partial charge is 0.496 e. The van der Waals surface area contributed by atoms with E-state index in [0.29, 0.717) is 19.0 Å². The SMILES string of the molecule is CN=C(NCCNS(=O)(=O)c1ccn(C)c1)NCc1ccc(C)cc1OC.I. The van der Waals surface area contributed by atoms with Gasteiger partial charge >= 0.3 is 0 Å². The molecule has 0 amide bonds. The van der Waals surface area contributed by atoms with E-state index in [0.717, 1.165) is 16.9 Å². The number of halogens is 1. The van der Waals surface area contributed by atoms with E-state index in [1.165, 1.54) is 0 Å². The lowest BCUT2D eigenvalue weighted by atomic mass is 10.1. The van der Waals surface area contributed by atoms with Gasteiger partial charge in [0.25, 0.3) is 0 Å². The van der Waals surface area contributed by atoms with Gasteiger partial charge in [-0.05, 0) is 24.6 Å². The Morgan fingerprint density at radius 2 is 1.96 bits per heavy atom. The molecule has 0 aliphatic rings. The van der Waals surface area contributed by atoms with Crippen molar-refractivity contribution in [3.05, 3.63) is 47.8 Å². The molecule has 1 aromatic carbocycles. The van der Waals surface area contributed by atoms with E-state index < -0.39 is 10.0 Å². The average molecular weight is 521 g/mol. The number of nitrogens with one attached hydrogen (secondary N) is 3. The van der Waals surface area contributed by atoms with Crippen molar-refractivity contribution < 1.29 is 13.2 Å². The number of hydrogen-bond donors (Lipinski definition) is 3. The van der Waals surface area contributed by atoms with Crippen LogP contribution in [0.4, 0.5) is 0 Å². The molecule has 2 aromatic rings. The number of hydrogen-bond acceptors (Lipinski definition) is 4. The molecule has 156 valence electrons. The smallest absolute Gasteiger partial charge is 0.242 e. The number of nitrogens with zero attached hydrogens (tertiary/aromatic N) is 2. The second kappa shape index (κ2) is 11.3. The highest BCUT2D eigenvalue weighted by atomic mass is 127. The molecule has 8 nitrogen and oxygen atoms in total. The Balaban J connectivity index is 0.00000392. The third-order valence-corrected chi connectivity index (χ3v) is 5.38. The first-order valence-corrected chi connectivity index (χ1v) is 10.0. The van der Waals surface area contributed by atoms with Crippen molar-refractivity contribution in [1.29, 1.82) is 0 Å². The number of benzene rings is 1. The van der Waals surface area contributed by atoms with Gasteiger partial charge in [0.1, 0.15) is 5.75 Å². The molecule has 0 radical (unpaired) electrons. The Morgan fingerprint density at radius 3 is 2.57 bits per heavy atom. The maximum Gasteiger partial charge on any atom is 0.242 e. The average Bonchev–Trinajstić information content (AvgIpc) is 3.09. The van der Waals surface area contributed by atoms with Crippen molar-refractivity contribution in [3.8, 4) is 5.75 Å².